The van der Waals surface area contributed by atoms with E-state index in [0.29, 0.717) is 32.1 Å². The Bertz CT molecular complexity index is 1010. The zero-order valence-electron chi connectivity index (χ0n) is 19.1. The number of anilines is 1. The number of ether oxygens (including phenoxy) is 1. The van der Waals surface area contributed by atoms with E-state index in [-0.39, 0.29) is 0 Å². The molecule has 0 aliphatic carbocycles. The normalized spacial score (nSPS) is 18.5. The quantitative estimate of drug-likeness (QED) is 0.552. The van der Waals surface area contributed by atoms with Crippen molar-refractivity contribution in [2.45, 2.75) is 39.0 Å². The fourth-order valence-electron chi connectivity index (χ4n) is 4.32. The average molecular weight is 437 g/mol. The molecule has 1 N–H and O–H groups in total. The van der Waals surface area contributed by atoms with Crippen LogP contribution in [0.5, 0.6) is 5.75 Å². The van der Waals surface area contributed by atoms with Gasteiger partial charge < -0.3 is 14.7 Å². The number of rotatable bonds is 9. The third-order valence-electron chi connectivity index (χ3n) is 5.78. The highest BCUT2D eigenvalue weighted by Crippen LogP contribution is 2.25. The van der Waals surface area contributed by atoms with Gasteiger partial charge in [0.1, 0.15) is 12.4 Å². The van der Waals surface area contributed by atoms with Gasteiger partial charge in [-0.1, -0.05) is 12.1 Å². The highest BCUT2D eigenvalue weighted by atomic mass is 16.5. The number of hydrogen-bond donors (Lipinski definition) is 1. The molecule has 2 aromatic heterocycles. The molecule has 0 saturated carbocycles. The molecule has 1 saturated heterocycles. The van der Waals surface area contributed by atoms with Crippen LogP contribution < -0.4 is 9.64 Å². The van der Waals surface area contributed by atoms with Gasteiger partial charge in [-0.3, -0.25) is 9.58 Å². The van der Waals surface area contributed by atoms with Crippen LogP contribution in [-0.2, 0) is 13.1 Å². The van der Waals surface area contributed by atoms with Crippen molar-refractivity contribution in [3.63, 3.8) is 0 Å². The van der Waals surface area contributed by atoms with Crippen molar-refractivity contribution in [2.24, 2.45) is 0 Å². The smallest absolute Gasteiger partial charge is 0.225 e. The number of aromatic nitrogens is 4. The molecule has 1 aliphatic heterocycles. The Morgan fingerprint density at radius 3 is 2.59 bits per heavy atom. The van der Waals surface area contributed by atoms with Crippen molar-refractivity contribution < 1.29 is 9.84 Å². The van der Waals surface area contributed by atoms with E-state index >= 15 is 0 Å². The first-order chi connectivity index (χ1) is 15.4. The van der Waals surface area contributed by atoms with Gasteiger partial charge in [-0.25, -0.2) is 9.97 Å². The van der Waals surface area contributed by atoms with E-state index < -0.39 is 5.60 Å². The number of benzene rings is 1. The van der Waals surface area contributed by atoms with Crippen molar-refractivity contribution in [3.05, 3.63) is 65.7 Å². The van der Waals surface area contributed by atoms with Gasteiger partial charge >= 0.3 is 0 Å². The monoisotopic (exact) mass is 436 g/mol. The van der Waals surface area contributed by atoms with Crippen LogP contribution >= 0.6 is 0 Å². The Morgan fingerprint density at radius 1 is 1.16 bits per heavy atom. The molecule has 0 spiro atoms. The summed E-state index contributed by atoms with van der Waals surface area (Å²) in [5.74, 6) is 1.53. The Morgan fingerprint density at radius 2 is 1.91 bits per heavy atom. The zero-order valence-corrected chi connectivity index (χ0v) is 19.1. The maximum absolute atomic E-state index is 11.1. The van der Waals surface area contributed by atoms with E-state index in [1.165, 1.54) is 5.56 Å². The molecule has 32 heavy (non-hydrogen) atoms. The Labute approximate surface area is 189 Å². The number of likely N-dealkylation sites (N-methyl/N-ethyl adjacent to an activating group) is 1. The van der Waals surface area contributed by atoms with Gasteiger partial charge in [0.05, 0.1) is 24.4 Å². The molecule has 8 heteroatoms. The van der Waals surface area contributed by atoms with Gasteiger partial charge in [0.15, 0.2) is 0 Å². The van der Waals surface area contributed by atoms with Crippen LogP contribution in [0.15, 0.2) is 48.8 Å². The number of aliphatic hydroxyl groups is 1. The number of nitrogens with zero attached hydrogens (tertiary/aromatic N) is 6. The Hall–Kier alpha value is -2.97. The lowest BCUT2D eigenvalue weighted by Gasteiger charge is -2.29. The van der Waals surface area contributed by atoms with Crippen LogP contribution in [0.1, 0.15) is 23.4 Å². The molecule has 4 rings (SSSR count). The van der Waals surface area contributed by atoms with Gasteiger partial charge in [0.25, 0.3) is 0 Å². The van der Waals surface area contributed by atoms with Gasteiger partial charge in [-0.15, -0.1) is 0 Å². The standard InChI is InChI=1S/C24H32N6O2/c1-19-15-20(2)30(27-19)13-14-32-22-7-5-21(6-8-22)16-28(3)17-24(31)9-12-29(18-24)23-25-10-4-11-26-23/h4-8,10-11,15,31H,9,12-14,16-18H2,1-3H3. The van der Waals surface area contributed by atoms with Crippen LogP contribution in [0.4, 0.5) is 5.95 Å². The third-order valence-corrected chi connectivity index (χ3v) is 5.78. The highest BCUT2D eigenvalue weighted by molar-refractivity contribution is 5.32. The first-order valence-electron chi connectivity index (χ1n) is 11.1. The fraction of sp³-hybridized carbons (Fsp3) is 0.458. The molecular weight excluding hydrogens is 404 g/mol. The molecule has 3 aromatic rings. The van der Waals surface area contributed by atoms with Gasteiger partial charge in [0, 0.05) is 37.7 Å². The van der Waals surface area contributed by atoms with Crippen LogP contribution in [0.25, 0.3) is 0 Å². The largest absolute Gasteiger partial charge is 0.492 e. The van der Waals surface area contributed by atoms with Crippen molar-refractivity contribution >= 4 is 5.95 Å². The van der Waals surface area contributed by atoms with Crippen LogP contribution in [0, 0.1) is 13.8 Å². The Kier molecular flexibility index (Phi) is 6.72. The summed E-state index contributed by atoms with van der Waals surface area (Å²) >= 11 is 0. The lowest BCUT2D eigenvalue weighted by molar-refractivity contribution is 0.0279. The summed E-state index contributed by atoms with van der Waals surface area (Å²) in [5.41, 5.74) is 2.59. The molecule has 3 heterocycles. The second-order valence-electron chi connectivity index (χ2n) is 8.76. The first-order valence-corrected chi connectivity index (χ1v) is 11.1. The van der Waals surface area contributed by atoms with Gasteiger partial charge in [0.2, 0.25) is 5.95 Å². The molecule has 170 valence electrons. The summed E-state index contributed by atoms with van der Waals surface area (Å²) < 4.78 is 7.85. The first kappa shape index (κ1) is 22.2. The zero-order chi connectivity index (χ0) is 22.6. The lowest BCUT2D eigenvalue weighted by Crippen LogP contribution is -2.43. The minimum atomic E-state index is -0.764. The van der Waals surface area contributed by atoms with E-state index in [9.17, 15) is 5.11 Å². The molecule has 1 unspecified atom stereocenters. The van der Waals surface area contributed by atoms with Crippen LogP contribution in [-0.4, -0.2) is 68.6 Å². The molecule has 0 bridgehead atoms. The van der Waals surface area contributed by atoms with Crippen molar-refractivity contribution in [1.82, 2.24) is 24.6 Å². The van der Waals surface area contributed by atoms with Crippen LogP contribution in [0.2, 0.25) is 0 Å². The van der Waals surface area contributed by atoms with Crippen molar-refractivity contribution in [3.8, 4) is 5.75 Å². The van der Waals surface area contributed by atoms with E-state index in [4.69, 9.17) is 4.74 Å². The third kappa shape index (κ3) is 5.63. The lowest BCUT2D eigenvalue weighted by atomic mass is 10.0. The maximum atomic E-state index is 11.1. The van der Waals surface area contributed by atoms with E-state index in [2.05, 4.69) is 45.1 Å². The SMILES string of the molecule is Cc1cc(C)n(CCOc2ccc(CN(C)CC3(O)CCN(c4ncccn4)C3)cc2)n1. The molecular formula is C24H32N6O2. The minimum Gasteiger partial charge on any atom is -0.492 e. The predicted molar refractivity (Wildman–Crippen MR) is 124 cm³/mol. The summed E-state index contributed by atoms with van der Waals surface area (Å²) in [6, 6.07) is 12.0. The van der Waals surface area contributed by atoms with Crippen molar-refractivity contribution in [2.75, 3.05) is 38.2 Å². The second-order valence-corrected chi connectivity index (χ2v) is 8.76. The van der Waals surface area contributed by atoms with E-state index in [1.807, 2.05) is 35.7 Å². The number of β-amino-alcohol motifs (C(OH)–C–C–N with tert-alkyl or cyclic N) is 1. The molecule has 0 amide bonds. The summed E-state index contributed by atoms with van der Waals surface area (Å²) in [6.45, 7) is 8.03. The topological polar surface area (TPSA) is 79.5 Å². The molecule has 8 nitrogen and oxygen atoms in total. The number of aryl methyl sites for hydroxylation is 2. The number of hydrogen-bond acceptors (Lipinski definition) is 7. The van der Waals surface area contributed by atoms with Gasteiger partial charge in [-0.05, 0) is 57.1 Å². The van der Waals surface area contributed by atoms with E-state index in [0.717, 1.165) is 36.8 Å². The highest BCUT2D eigenvalue weighted by Gasteiger charge is 2.37. The molecule has 1 atom stereocenters. The summed E-state index contributed by atoms with van der Waals surface area (Å²) in [4.78, 5) is 12.8. The minimum absolute atomic E-state index is 0.545. The summed E-state index contributed by atoms with van der Waals surface area (Å²) in [6.07, 6.45) is 4.18. The van der Waals surface area contributed by atoms with Gasteiger partial charge in [-0.2, -0.15) is 5.10 Å². The predicted octanol–water partition coefficient (Wildman–Crippen LogP) is 2.44. The second kappa shape index (κ2) is 9.67. The molecule has 1 fully saturated rings. The fourth-order valence-corrected chi connectivity index (χ4v) is 4.32. The van der Waals surface area contributed by atoms with Crippen LogP contribution in [0.3, 0.4) is 0 Å². The molecule has 1 aliphatic rings. The molecule has 1 aromatic carbocycles. The van der Waals surface area contributed by atoms with Crippen molar-refractivity contribution in [1.29, 1.82) is 0 Å². The Balaban J connectivity index is 1.24. The maximum Gasteiger partial charge on any atom is 0.225 e. The summed E-state index contributed by atoms with van der Waals surface area (Å²) in [5, 5.41) is 15.5. The summed E-state index contributed by atoms with van der Waals surface area (Å²) in [7, 11) is 2.04. The average Bonchev–Trinajstić information content (AvgIpc) is 3.31. The molecule has 0 radical (unpaired) electrons. The van der Waals surface area contributed by atoms with E-state index in [1.54, 1.807) is 18.5 Å².